The van der Waals surface area contributed by atoms with Crippen molar-refractivity contribution < 1.29 is 27.5 Å². The minimum absolute atomic E-state index is 0.0315. The van der Waals surface area contributed by atoms with Crippen LogP contribution in [0.3, 0.4) is 0 Å². The van der Waals surface area contributed by atoms with Gasteiger partial charge < -0.3 is 10.4 Å². The molecule has 0 aromatic heterocycles. The molecule has 0 saturated heterocycles. The first kappa shape index (κ1) is 15.4. The molecule has 7 heteroatoms. The summed E-state index contributed by atoms with van der Waals surface area (Å²) in [6.45, 7) is -0.869. The number of carbonyl (C=O) groups is 1. The Morgan fingerprint density at radius 2 is 1.84 bits per heavy atom. The summed E-state index contributed by atoms with van der Waals surface area (Å²) in [5, 5.41) is 10.7. The molecule has 0 saturated carbocycles. The Morgan fingerprint density at radius 3 is 2.37 bits per heavy atom. The Balaban J connectivity index is 2.30. The summed E-state index contributed by atoms with van der Waals surface area (Å²) in [5.41, 5.74) is 0.702. The van der Waals surface area contributed by atoms with Crippen LogP contribution in [0.25, 0.3) is 0 Å². The lowest BCUT2D eigenvalue weighted by molar-refractivity contribution is -0.201. The van der Waals surface area contributed by atoms with E-state index in [0.717, 1.165) is 0 Å². The lowest BCUT2D eigenvalue weighted by Gasteiger charge is -2.14. The van der Waals surface area contributed by atoms with Crippen molar-refractivity contribution in [3.8, 4) is 0 Å². The Hall–Kier alpha value is -1.63. The second kappa shape index (κ2) is 6.51. The summed E-state index contributed by atoms with van der Waals surface area (Å²) < 4.78 is 48.4. The zero-order chi connectivity index (χ0) is 14.5. The quantitative estimate of drug-likeness (QED) is 0.807. The number of halogens is 4. The Labute approximate surface area is 107 Å². The summed E-state index contributed by atoms with van der Waals surface area (Å²) in [6.07, 6.45) is -7.06. The van der Waals surface area contributed by atoms with E-state index in [-0.39, 0.29) is 12.8 Å². The fraction of sp³-hybridized carbons (Fsp3) is 0.417. The van der Waals surface area contributed by atoms with Gasteiger partial charge in [-0.2, -0.15) is 13.2 Å². The van der Waals surface area contributed by atoms with Crippen molar-refractivity contribution in [2.45, 2.75) is 25.1 Å². The van der Waals surface area contributed by atoms with Crippen molar-refractivity contribution in [1.82, 2.24) is 5.32 Å². The maximum Gasteiger partial charge on any atom is 0.416 e. The molecule has 1 unspecified atom stereocenters. The van der Waals surface area contributed by atoms with E-state index < -0.39 is 30.5 Å². The number of aliphatic hydroxyl groups excluding tert-OH is 1. The summed E-state index contributed by atoms with van der Waals surface area (Å²) in [6, 6.07) is 5.46. The number of benzene rings is 1. The predicted octanol–water partition coefficient (Wildman–Crippen LogP) is 1.80. The van der Waals surface area contributed by atoms with Gasteiger partial charge in [-0.1, -0.05) is 12.1 Å². The first-order valence-corrected chi connectivity index (χ1v) is 5.55. The van der Waals surface area contributed by atoms with Crippen molar-refractivity contribution in [3.05, 3.63) is 35.6 Å². The van der Waals surface area contributed by atoms with Gasteiger partial charge in [0, 0.05) is 6.42 Å². The van der Waals surface area contributed by atoms with E-state index in [1.807, 2.05) is 5.32 Å². The van der Waals surface area contributed by atoms with E-state index in [0.29, 0.717) is 5.56 Å². The molecule has 106 valence electrons. The molecule has 1 rings (SSSR count). The Kier molecular flexibility index (Phi) is 5.29. The summed E-state index contributed by atoms with van der Waals surface area (Å²) in [5.74, 6) is -1.01. The molecule has 3 nitrogen and oxygen atoms in total. The van der Waals surface area contributed by atoms with E-state index in [4.69, 9.17) is 5.11 Å². The van der Waals surface area contributed by atoms with Crippen molar-refractivity contribution in [2.75, 3.05) is 6.54 Å². The molecule has 1 aromatic carbocycles. The van der Waals surface area contributed by atoms with Gasteiger partial charge in [-0.3, -0.25) is 4.79 Å². The molecule has 0 spiro atoms. The lowest BCUT2D eigenvalue weighted by atomic mass is 10.1. The van der Waals surface area contributed by atoms with Gasteiger partial charge in [-0.25, -0.2) is 4.39 Å². The normalized spacial score (nSPS) is 13.1. The molecule has 0 bridgehead atoms. The minimum atomic E-state index is -4.75. The van der Waals surface area contributed by atoms with Gasteiger partial charge in [0.1, 0.15) is 5.82 Å². The highest BCUT2D eigenvalue weighted by Crippen LogP contribution is 2.19. The topological polar surface area (TPSA) is 49.3 Å². The zero-order valence-electron chi connectivity index (χ0n) is 9.88. The molecular formula is C12H13F4NO2. The van der Waals surface area contributed by atoms with E-state index in [9.17, 15) is 22.4 Å². The first-order valence-electron chi connectivity index (χ1n) is 5.55. The predicted molar refractivity (Wildman–Crippen MR) is 59.8 cm³/mol. The molecule has 1 atom stereocenters. The number of carbonyl (C=O) groups excluding carboxylic acids is 1. The van der Waals surface area contributed by atoms with Gasteiger partial charge in [0.05, 0.1) is 6.54 Å². The third kappa shape index (κ3) is 5.69. The third-order valence-corrected chi connectivity index (χ3v) is 2.42. The number of amides is 1. The number of alkyl halides is 3. The van der Waals surface area contributed by atoms with Gasteiger partial charge in [0.15, 0.2) is 6.10 Å². The zero-order valence-corrected chi connectivity index (χ0v) is 9.88. The molecule has 2 N–H and O–H groups in total. The molecule has 1 aromatic rings. The van der Waals surface area contributed by atoms with Crippen LogP contribution in [-0.4, -0.2) is 29.8 Å². The second-order valence-corrected chi connectivity index (χ2v) is 3.99. The van der Waals surface area contributed by atoms with Gasteiger partial charge >= 0.3 is 6.18 Å². The van der Waals surface area contributed by atoms with Gasteiger partial charge in [-0.05, 0) is 24.1 Å². The maximum absolute atomic E-state index is 12.6. The fourth-order valence-electron chi connectivity index (χ4n) is 1.32. The molecule has 19 heavy (non-hydrogen) atoms. The highest BCUT2D eigenvalue weighted by molar-refractivity contribution is 5.76. The van der Waals surface area contributed by atoms with Crippen LogP contribution >= 0.6 is 0 Å². The Morgan fingerprint density at radius 1 is 1.26 bits per heavy atom. The minimum Gasteiger partial charge on any atom is -0.382 e. The maximum atomic E-state index is 12.6. The molecule has 0 fully saturated rings. The standard InChI is InChI=1S/C12H13F4NO2/c13-9-4-1-8(2-5-9)3-6-11(19)17-7-10(18)12(14,15)16/h1-2,4-5,10,18H,3,6-7H2,(H,17,19). The van der Waals surface area contributed by atoms with Crippen LogP contribution in [0.5, 0.6) is 0 Å². The summed E-state index contributed by atoms with van der Waals surface area (Å²) in [7, 11) is 0. The van der Waals surface area contributed by atoms with E-state index >= 15 is 0 Å². The van der Waals surface area contributed by atoms with Crippen LogP contribution in [-0.2, 0) is 11.2 Å². The largest absolute Gasteiger partial charge is 0.416 e. The lowest BCUT2D eigenvalue weighted by Crippen LogP contribution is -2.40. The summed E-state index contributed by atoms with van der Waals surface area (Å²) in [4.78, 5) is 11.3. The van der Waals surface area contributed by atoms with Crippen molar-refractivity contribution >= 4 is 5.91 Å². The van der Waals surface area contributed by atoms with Crippen molar-refractivity contribution in [3.63, 3.8) is 0 Å². The van der Waals surface area contributed by atoms with Gasteiger partial charge in [-0.15, -0.1) is 0 Å². The highest BCUT2D eigenvalue weighted by atomic mass is 19.4. The third-order valence-electron chi connectivity index (χ3n) is 2.42. The summed E-state index contributed by atoms with van der Waals surface area (Å²) >= 11 is 0. The van der Waals surface area contributed by atoms with Crippen LogP contribution in [0.4, 0.5) is 17.6 Å². The van der Waals surface area contributed by atoms with Crippen LogP contribution in [0, 0.1) is 5.82 Å². The molecule has 0 radical (unpaired) electrons. The molecule has 0 aliphatic heterocycles. The van der Waals surface area contributed by atoms with E-state index in [1.54, 1.807) is 0 Å². The number of rotatable bonds is 5. The average molecular weight is 279 g/mol. The van der Waals surface area contributed by atoms with Crippen LogP contribution in [0.2, 0.25) is 0 Å². The number of hydrogen-bond donors (Lipinski definition) is 2. The smallest absolute Gasteiger partial charge is 0.382 e. The second-order valence-electron chi connectivity index (χ2n) is 3.99. The first-order chi connectivity index (χ1) is 8.79. The number of aliphatic hydroxyl groups is 1. The number of aryl methyl sites for hydroxylation is 1. The van der Waals surface area contributed by atoms with Gasteiger partial charge in [0.25, 0.3) is 0 Å². The van der Waals surface area contributed by atoms with Crippen molar-refractivity contribution in [2.24, 2.45) is 0 Å². The molecule has 0 aliphatic rings. The monoisotopic (exact) mass is 279 g/mol. The van der Waals surface area contributed by atoms with Crippen molar-refractivity contribution in [1.29, 1.82) is 0 Å². The van der Waals surface area contributed by atoms with E-state index in [2.05, 4.69) is 0 Å². The van der Waals surface area contributed by atoms with Crippen LogP contribution in [0.1, 0.15) is 12.0 Å². The Bertz CT molecular complexity index is 417. The van der Waals surface area contributed by atoms with Crippen LogP contribution < -0.4 is 5.32 Å². The highest BCUT2D eigenvalue weighted by Gasteiger charge is 2.38. The van der Waals surface area contributed by atoms with E-state index in [1.165, 1.54) is 24.3 Å². The molecule has 0 heterocycles. The molecule has 1 amide bonds. The number of nitrogens with one attached hydrogen (secondary N) is 1. The molecule has 0 aliphatic carbocycles. The molecular weight excluding hydrogens is 266 g/mol. The average Bonchev–Trinajstić information content (AvgIpc) is 2.34. The fourth-order valence-corrected chi connectivity index (χ4v) is 1.32. The number of hydrogen-bond acceptors (Lipinski definition) is 2. The SMILES string of the molecule is O=C(CCc1ccc(F)cc1)NCC(O)C(F)(F)F. The van der Waals surface area contributed by atoms with Crippen LogP contribution in [0.15, 0.2) is 24.3 Å². The van der Waals surface area contributed by atoms with Gasteiger partial charge in [0.2, 0.25) is 5.91 Å².